The third-order valence-corrected chi connectivity index (χ3v) is 4.02. The van der Waals surface area contributed by atoms with Gasteiger partial charge in [-0.2, -0.15) is 5.10 Å². The van der Waals surface area contributed by atoms with E-state index in [2.05, 4.69) is 36.7 Å². The molecule has 1 fully saturated rings. The molecule has 1 aliphatic carbocycles. The summed E-state index contributed by atoms with van der Waals surface area (Å²) < 4.78 is 1.93. The van der Waals surface area contributed by atoms with Gasteiger partial charge in [-0.15, -0.1) is 0 Å². The van der Waals surface area contributed by atoms with Crippen molar-refractivity contribution < 1.29 is 0 Å². The Morgan fingerprint density at radius 3 is 2.83 bits per heavy atom. The first kappa shape index (κ1) is 13.6. The van der Waals surface area contributed by atoms with Crippen LogP contribution in [-0.4, -0.2) is 22.9 Å². The SMILES string of the molecule is CC(C)CNCC1CCCCC1c1cnn(C)c1. The van der Waals surface area contributed by atoms with Gasteiger partial charge < -0.3 is 5.32 Å². The first-order valence-corrected chi connectivity index (χ1v) is 7.36. The van der Waals surface area contributed by atoms with E-state index in [1.165, 1.54) is 31.2 Å². The van der Waals surface area contributed by atoms with E-state index in [1.807, 2.05) is 11.7 Å². The van der Waals surface area contributed by atoms with Gasteiger partial charge in [-0.25, -0.2) is 0 Å². The van der Waals surface area contributed by atoms with Crippen LogP contribution in [-0.2, 0) is 7.05 Å². The summed E-state index contributed by atoms with van der Waals surface area (Å²) in [6.07, 6.45) is 9.73. The average molecular weight is 249 g/mol. The van der Waals surface area contributed by atoms with Crippen molar-refractivity contribution >= 4 is 0 Å². The van der Waals surface area contributed by atoms with E-state index in [0.29, 0.717) is 5.92 Å². The molecule has 1 saturated carbocycles. The largest absolute Gasteiger partial charge is 0.316 e. The lowest BCUT2D eigenvalue weighted by Crippen LogP contribution is -2.31. The van der Waals surface area contributed by atoms with Crippen molar-refractivity contribution in [1.29, 1.82) is 0 Å². The second-order valence-electron chi connectivity index (χ2n) is 6.15. The minimum absolute atomic E-state index is 0.715. The molecule has 0 aromatic carbocycles. The fraction of sp³-hybridized carbons (Fsp3) is 0.800. The molecule has 0 aliphatic heterocycles. The van der Waals surface area contributed by atoms with Crippen LogP contribution in [0, 0.1) is 11.8 Å². The quantitative estimate of drug-likeness (QED) is 0.869. The van der Waals surface area contributed by atoms with Crippen molar-refractivity contribution in [2.24, 2.45) is 18.9 Å². The number of hydrogen-bond donors (Lipinski definition) is 1. The monoisotopic (exact) mass is 249 g/mol. The Hall–Kier alpha value is -0.830. The molecule has 0 bridgehead atoms. The second-order valence-corrected chi connectivity index (χ2v) is 6.15. The van der Waals surface area contributed by atoms with Crippen LogP contribution in [0.4, 0.5) is 0 Å². The molecule has 0 amide bonds. The van der Waals surface area contributed by atoms with E-state index in [9.17, 15) is 0 Å². The van der Waals surface area contributed by atoms with Crippen LogP contribution in [0.3, 0.4) is 0 Å². The maximum atomic E-state index is 4.33. The Balaban J connectivity index is 1.93. The molecule has 102 valence electrons. The first-order valence-electron chi connectivity index (χ1n) is 7.36. The van der Waals surface area contributed by atoms with E-state index < -0.39 is 0 Å². The van der Waals surface area contributed by atoms with Gasteiger partial charge in [0.25, 0.3) is 0 Å². The van der Waals surface area contributed by atoms with Crippen LogP contribution in [0.1, 0.15) is 51.0 Å². The minimum Gasteiger partial charge on any atom is -0.316 e. The Bertz CT molecular complexity index is 356. The zero-order valence-electron chi connectivity index (χ0n) is 12.0. The van der Waals surface area contributed by atoms with Crippen LogP contribution < -0.4 is 5.32 Å². The van der Waals surface area contributed by atoms with Gasteiger partial charge in [0.05, 0.1) is 6.20 Å². The smallest absolute Gasteiger partial charge is 0.0524 e. The predicted molar refractivity (Wildman–Crippen MR) is 75.6 cm³/mol. The van der Waals surface area contributed by atoms with Crippen molar-refractivity contribution in [2.75, 3.05) is 13.1 Å². The molecule has 0 radical (unpaired) electrons. The molecule has 2 rings (SSSR count). The molecule has 1 heterocycles. The van der Waals surface area contributed by atoms with Gasteiger partial charge in [-0.1, -0.05) is 26.7 Å². The van der Waals surface area contributed by atoms with Gasteiger partial charge in [-0.3, -0.25) is 4.68 Å². The molecule has 2 atom stereocenters. The van der Waals surface area contributed by atoms with E-state index in [-0.39, 0.29) is 0 Å². The van der Waals surface area contributed by atoms with Crippen LogP contribution in [0.15, 0.2) is 12.4 Å². The van der Waals surface area contributed by atoms with E-state index in [4.69, 9.17) is 0 Å². The van der Waals surface area contributed by atoms with E-state index in [0.717, 1.165) is 24.9 Å². The van der Waals surface area contributed by atoms with Gasteiger partial charge in [0, 0.05) is 13.2 Å². The number of nitrogens with one attached hydrogen (secondary N) is 1. The zero-order chi connectivity index (χ0) is 13.0. The molecule has 3 heteroatoms. The van der Waals surface area contributed by atoms with Crippen molar-refractivity contribution in [1.82, 2.24) is 15.1 Å². The number of hydrogen-bond acceptors (Lipinski definition) is 2. The molecule has 18 heavy (non-hydrogen) atoms. The molecular weight excluding hydrogens is 222 g/mol. The standard InChI is InChI=1S/C15H27N3/c1-12(2)8-16-9-13-6-4-5-7-15(13)14-10-17-18(3)11-14/h10-13,15-16H,4-9H2,1-3H3. The number of aryl methyl sites for hydroxylation is 1. The highest BCUT2D eigenvalue weighted by Crippen LogP contribution is 2.37. The molecule has 1 aromatic heterocycles. The molecule has 2 unspecified atom stereocenters. The van der Waals surface area contributed by atoms with Crippen LogP contribution >= 0.6 is 0 Å². The molecule has 1 N–H and O–H groups in total. The summed E-state index contributed by atoms with van der Waals surface area (Å²) in [6, 6.07) is 0. The lowest BCUT2D eigenvalue weighted by molar-refractivity contribution is 0.292. The maximum Gasteiger partial charge on any atom is 0.0524 e. The number of nitrogens with zero attached hydrogens (tertiary/aromatic N) is 2. The molecule has 1 aliphatic rings. The van der Waals surface area contributed by atoms with Gasteiger partial charge in [0.1, 0.15) is 0 Å². The summed E-state index contributed by atoms with van der Waals surface area (Å²) in [4.78, 5) is 0. The number of rotatable bonds is 5. The highest BCUT2D eigenvalue weighted by molar-refractivity contribution is 5.13. The summed E-state index contributed by atoms with van der Waals surface area (Å²) in [5.41, 5.74) is 1.44. The van der Waals surface area contributed by atoms with Crippen molar-refractivity contribution in [3.05, 3.63) is 18.0 Å². The molecule has 0 spiro atoms. The number of aromatic nitrogens is 2. The fourth-order valence-corrected chi connectivity index (χ4v) is 3.08. The summed E-state index contributed by atoms with van der Waals surface area (Å²) in [6.45, 7) is 6.84. The van der Waals surface area contributed by atoms with Gasteiger partial charge >= 0.3 is 0 Å². The van der Waals surface area contributed by atoms with Crippen molar-refractivity contribution in [3.63, 3.8) is 0 Å². The third-order valence-electron chi connectivity index (χ3n) is 4.02. The van der Waals surface area contributed by atoms with Crippen molar-refractivity contribution in [2.45, 2.75) is 45.4 Å². The predicted octanol–water partition coefficient (Wildman–Crippen LogP) is 2.94. The Kier molecular flexibility index (Phi) is 4.81. The molecular formula is C15H27N3. The fourth-order valence-electron chi connectivity index (χ4n) is 3.08. The van der Waals surface area contributed by atoms with Crippen LogP contribution in [0.5, 0.6) is 0 Å². The third kappa shape index (κ3) is 3.58. The summed E-state index contributed by atoms with van der Waals surface area (Å²) in [5, 5.41) is 7.96. The summed E-state index contributed by atoms with van der Waals surface area (Å²) in [7, 11) is 2.01. The first-order chi connectivity index (χ1) is 8.66. The lowest BCUT2D eigenvalue weighted by atomic mass is 9.76. The zero-order valence-corrected chi connectivity index (χ0v) is 12.0. The van der Waals surface area contributed by atoms with Gasteiger partial charge in [0.15, 0.2) is 0 Å². The van der Waals surface area contributed by atoms with Gasteiger partial charge in [0.2, 0.25) is 0 Å². The Morgan fingerprint density at radius 1 is 1.39 bits per heavy atom. The normalized spacial score (nSPS) is 24.7. The topological polar surface area (TPSA) is 29.9 Å². The second kappa shape index (κ2) is 6.37. The highest BCUT2D eigenvalue weighted by Gasteiger charge is 2.26. The van der Waals surface area contributed by atoms with Crippen LogP contribution in [0.2, 0.25) is 0 Å². The minimum atomic E-state index is 0.715. The van der Waals surface area contributed by atoms with Crippen molar-refractivity contribution in [3.8, 4) is 0 Å². The van der Waals surface area contributed by atoms with Crippen LogP contribution in [0.25, 0.3) is 0 Å². The molecule has 3 nitrogen and oxygen atoms in total. The van der Waals surface area contributed by atoms with Gasteiger partial charge in [-0.05, 0) is 49.2 Å². The molecule has 0 saturated heterocycles. The van der Waals surface area contributed by atoms with E-state index in [1.54, 1.807) is 0 Å². The summed E-state index contributed by atoms with van der Waals surface area (Å²) in [5.74, 6) is 2.25. The molecule has 1 aromatic rings. The lowest BCUT2D eigenvalue weighted by Gasteiger charge is -2.31. The van der Waals surface area contributed by atoms with E-state index >= 15 is 0 Å². The summed E-state index contributed by atoms with van der Waals surface area (Å²) >= 11 is 0. The highest BCUT2D eigenvalue weighted by atomic mass is 15.2. The maximum absolute atomic E-state index is 4.33. The Labute approximate surface area is 111 Å². The average Bonchev–Trinajstić information content (AvgIpc) is 2.76. The Morgan fingerprint density at radius 2 is 2.17 bits per heavy atom.